The molecule has 2 heterocycles. The second-order valence-corrected chi connectivity index (χ2v) is 5.80. The number of nitrogens with zero attached hydrogens (tertiary/aromatic N) is 2. The Hall–Kier alpha value is -2.70. The first-order chi connectivity index (χ1) is 11.6. The van der Waals surface area contributed by atoms with Gasteiger partial charge in [-0.3, -0.25) is 0 Å². The maximum atomic E-state index is 13.0. The fourth-order valence-electron chi connectivity index (χ4n) is 3.39. The summed E-state index contributed by atoms with van der Waals surface area (Å²) in [6, 6.07) is 14.2. The molecule has 0 aliphatic carbocycles. The molecule has 0 saturated carbocycles. The molecule has 4 rings (SSSR count). The Bertz CT molecular complexity index is 957. The molecule has 0 radical (unpaired) electrons. The molecule has 6 heteroatoms. The molecule has 3 aromatic rings. The topological polar surface area (TPSA) is 72.3 Å². The second-order valence-electron chi connectivity index (χ2n) is 5.80. The van der Waals surface area contributed by atoms with E-state index >= 15 is 0 Å². The zero-order valence-corrected chi connectivity index (χ0v) is 13.4. The normalized spacial score (nSPS) is 19.6. The standard InChI is InChI=1S/C18H16N2O4/c1-12-7-3-4-8-13(12)18(23-2)17-16(11-24-18)19(21)14-9-5-6-10-15(14)20(17)22/h3-10H,11H2,1-2H3. The van der Waals surface area contributed by atoms with Crippen molar-refractivity contribution in [3.8, 4) is 0 Å². The van der Waals surface area contributed by atoms with Crippen molar-refractivity contribution in [3.63, 3.8) is 0 Å². The number of aromatic nitrogens is 2. The molecule has 0 N–H and O–H groups in total. The van der Waals surface area contributed by atoms with Crippen LogP contribution in [0.3, 0.4) is 0 Å². The van der Waals surface area contributed by atoms with E-state index in [2.05, 4.69) is 0 Å². The second kappa shape index (κ2) is 5.15. The van der Waals surface area contributed by atoms with Crippen LogP contribution in [0.25, 0.3) is 11.0 Å². The molecule has 6 nitrogen and oxygen atoms in total. The summed E-state index contributed by atoms with van der Waals surface area (Å²) < 4.78 is 13.1. The van der Waals surface area contributed by atoms with Crippen molar-refractivity contribution >= 4 is 11.0 Å². The van der Waals surface area contributed by atoms with Gasteiger partial charge in [0.15, 0.2) is 0 Å². The van der Waals surface area contributed by atoms with Crippen molar-refractivity contribution in [3.05, 3.63) is 81.5 Å². The SMILES string of the molecule is COC1(c2ccccc2C)OCc2c1[n+]([O-])c1ccccc1[n+]2[O-]. The van der Waals surface area contributed by atoms with Gasteiger partial charge in [0.25, 0.3) is 22.5 Å². The van der Waals surface area contributed by atoms with Crippen molar-refractivity contribution in [1.29, 1.82) is 0 Å². The zero-order chi connectivity index (χ0) is 16.9. The number of hydrogen-bond donors (Lipinski definition) is 0. The Kier molecular flexibility index (Phi) is 3.19. The van der Waals surface area contributed by atoms with Crippen LogP contribution in [0.5, 0.6) is 0 Å². The van der Waals surface area contributed by atoms with Crippen molar-refractivity contribution in [2.24, 2.45) is 0 Å². The Morgan fingerprint density at radius 1 is 1.00 bits per heavy atom. The summed E-state index contributed by atoms with van der Waals surface area (Å²) in [5, 5.41) is 25.8. The number of rotatable bonds is 2. The average Bonchev–Trinajstić information content (AvgIpc) is 3.01. The highest BCUT2D eigenvalue weighted by Crippen LogP contribution is 2.41. The highest BCUT2D eigenvalue weighted by molar-refractivity contribution is 5.67. The summed E-state index contributed by atoms with van der Waals surface area (Å²) in [6.45, 7) is 1.92. The van der Waals surface area contributed by atoms with Crippen molar-refractivity contribution in [1.82, 2.24) is 0 Å². The van der Waals surface area contributed by atoms with E-state index in [4.69, 9.17) is 9.47 Å². The molecule has 122 valence electrons. The Morgan fingerprint density at radius 2 is 1.62 bits per heavy atom. The molecule has 24 heavy (non-hydrogen) atoms. The lowest BCUT2D eigenvalue weighted by molar-refractivity contribution is -0.643. The van der Waals surface area contributed by atoms with Gasteiger partial charge in [0.05, 0.1) is 0 Å². The molecule has 2 aromatic carbocycles. The van der Waals surface area contributed by atoms with Crippen LogP contribution >= 0.6 is 0 Å². The number of para-hydroxylation sites is 2. The van der Waals surface area contributed by atoms with Crippen LogP contribution in [0.4, 0.5) is 0 Å². The molecule has 1 unspecified atom stereocenters. The molecule has 0 fully saturated rings. The van der Waals surface area contributed by atoms with Gasteiger partial charge in [-0.1, -0.05) is 36.4 Å². The van der Waals surface area contributed by atoms with Crippen LogP contribution < -0.4 is 9.46 Å². The molecule has 0 spiro atoms. The Labute approximate surface area is 138 Å². The van der Waals surface area contributed by atoms with E-state index in [1.165, 1.54) is 7.11 Å². The largest absolute Gasteiger partial charge is 0.618 e. The predicted octanol–water partition coefficient (Wildman–Crippen LogP) is 1.79. The van der Waals surface area contributed by atoms with Gasteiger partial charge >= 0.3 is 5.69 Å². The molecule has 1 aromatic heterocycles. The van der Waals surface area contributed by atoms with Gasteiger partial charge in [0, 0.05) is 24.8 Å². The molecular formula is C18H16N2O4. The van der Waals surface area contributed by atoms with E-state index < -0.39 is 5.79 Å². The first kappa shape index (κ1) is 14.9. The minimum absolute atomic E-state index is 0.00802. The molecule has 1 aliphatic heterocycles. The van der Waals surface area contributed by atoms with E-state index in [0.717, 1.165) is 15.0 Å². The molecular weight excluding hydrogens is 308 g/mol. The average molecular weight is 324 g/mol. The Balaban J connectivity index is 2.10. The van der Waals surface area contributed by atoms with Crippen LogP contribution in [0.2, 0.25) is 0 Å². The Morgan fingerprint density at radius 3 is 2.29 bits per heavy atom. The summed E-state index contributed by atoms with van der Waals surface area (Å²) in [4.78, 5) is 0. The van der Waals surface area contributed by atoms with Crippen LogP contribution in [0.1, 0.15) is 22.5 Å². The van der Waals surface area contributed by atoms with E-state index in [0.29, 0.717) is 11.1 Å². The lowest BCUT2D eigenvalue weighted by Crippen LogP contribution is -2.49. The van der Waals surface area contributed by atoms with E-state index in [1.807, 2.05) is 31.2 Å². The molecule has 0 saturated heterocycles. The monoisotopic (exact) mass is 324 g/mol. The summed E-state index contributed by atoms with van der Waals surface area (Å²) in [7, 11) is 1.48. The van der Waals surface area contributed by atoms with Crippen LogP contribution in [0, 0.1) is 17.3 Å². The molecule has 1 aliphatic rings. The fourth-order valence-corrected chi connectivity index (χ4v) is 3.39. The van der Waals surface area contributed by atoms with Gasteiger partial charge in [0.1, 0.15) is 6.61 Å². The van der Waals surface area contributed by atoms with Crippen molar-refractivity contribution in [2.45, 2.75) is 19.3 Å². The van der Waals surface area contributed by atoms with E-state index in [1.54, 1.807) is 24.3 Å². The lowest BCUT2D eigenvalue weighted by Gasteiger charge is -2.26. The number of methoxy groups -OCH3 is 1. The molecule has 1 atom stereocenters. The first-order valence-electron chi connectivity index (χ1n) is 7.62. The highest BCUT2D eigenvalue weighted by Gasteiger charge is 2.55. The van der Waals surface area contributed by atoms with Gasteiger partial charge in [0.2, 0.25) is 0 Å². The minimum atomic E-state index is -1.39. The number of aryl methyl sites for hydroxylation is 1. The van der Waals surface area contributed by atoms with Gasteiger partial charge in [-0.25, -0.2) is 0 Å². The van der Waals surface area contributed by atoms with Crippen molar-refractivity contribution in [2.75, 3.05) is 7.11 Å². The number of ether oxygens (including phenoxy) is 2. The van der Waals surface area contributed by atoms with Gasteiger partial charge < -0.3 is 19.9 Å². The molecule has 0 amide bonds. The lowest BCUT2D eigenvalue weighted by atomic mass is 9.97. The third-order valence-electron chi connectivity index (χ3n) is 4.55. The van der Waals surface area contributed by atoms with E-state index in [-0.39, 0.29) is 23.5 Å². The number of fused-ring (bicyclic) bond motifs is 2. The van der Waals surface area contributed by atoms with Crippen LogP contribution in [-0.2, 0) is 21.9 Å². The maximum Gasteiger partial charge on any atom is 0.329 e. The number of hydrogen-bond acceptors (Lipinski definition) is 4. The summed E-state index contributed by atoms with van der Waals surface area (Å²) >= 11 is 0. The third-order valence-corrected chi connectivity index (χ3v) is 4.55. The first-order valence-corrected chi connectivity index (χ1v) is 7.62. The number of benzene rings is 2. The summed E-state index contributed by atoms with van der Waals surface area (Å²) in [5.41, 5.74) is 2.68. The zero-order valence-electron chi connectivity index (χ0n) is 13.4. The maximum absolute atomic E-state index is 13.0. The molecule has 0 bridgehead atoms. The minimum Gasteiger partial charge on any atom is -0.618 e. The highest BCUT2D eigenvalue weighted by atomic mass is 16.7. The van der Waals surface area contributed by atoms with Crippen LogP contribution in [-0.4, -0.2) is 7.11 Å². The van der Waals surface area contributed by atoms with Crippen molar-refractivity contribution < 1.29 is 18.9 Å². The quantitative estimate of drug-likeness (QED) is 0.532. The van der Waals surface area contributed by atoms with E-state index in [9.17, 15) is 10.4 Å². The third kappa shape index (κ3) is 1.78. The smallest absolute Gasteiger partial charge is 0.329 e. The summed E-state index contributed by atoms with van der Waals surface area (Å²) in [6.07, 6.45) is 0. The van der Waals surface area contributed by atoms with Gasteiger partial charge in [-0.2, -0.15) is 9.46 Å². The summed E-state index contributed by atoms with van der Waals surface area (Å²) in [5.74, 6) is -1.39. The van der Waals surface area contributed by atoms with Gasteiger partial charge in [-0.15, -0.1) is 0 Å². The van der Waals surface area contributed by atoms with Gasteiger partial charge in [-0.05, 0) is 12.5 Å². The fraction of sp³-hybridized carbons (Fsp3) is 0.222. The predicted molar refractivity (Wildman–Crippen MR) is 85.6 cm³/mol. The van der Waals surface area contributed by atoms with Crippen LogP contribution in [0.15, 0.2) is 48.5 Å².